The highest BCUT2D eigenvalue weighted by atomic mass is 19.4. The van der Waals surface area contributed by atoms with Crippen LogP contribution in [0, 0.1) is 6.92 Å². The van der Waals surface area contributed by atoms with E-state index in [1.54, 1.807) is 31.3 Å². The second-order valence-corrected chi connectivity index (χ2v) is 6.73. The summed E-state index contributed by atoms with van der Waals surface area (Å²) >= 11 is 0. The molecule has 0 saturated carbocycles. The lowest BCUT2D eigenvalue weighted by molar-refractivity contribution is -0.137. The van der Waals surface area contributed by atoms with Crippen LogP contribution in [0.5, 0.6) is 0 Å². The van der Waals surface area contributed by atoms with E-state index in [0.29, 0.717) is 16.9 Å². The van der Waals surface area contributed by atoms with Gasteiger partial charge in [-0.05, 0) is 18.6 Å². The molecule has 31 heavy (non-hydrogen) atoms. The highest BCUT2D eigenvalue weighted by molar-refractivity contribution is 5.94. The first-order valence-corrected chi connectivity index (χ1v) is 9.29. The van der Waals surface area contributed by atoms with E-state index in [9.17, 15) is 18.0 Å². The van der Waals surface area contributed by atoms with Crippen LogP contribution in [0.4, 0.5) is 30.4 Å². The minimum atomic E-state index is -4.63. The fourth-order valence-corrected chi connectivity index (χ4v) is 3.00. The smallest absolute Gasteiger partial charge is 0.394 e. The van der Waals surface area contributed by atoms with Gasteiger partial charge in [0.2, 0.25) is 5.91 Å². The lowest BCUT2D eigenvalue weighted by atomic mass is 10.1. The number of aliphatic hydroxyl groups is 1. The number of aromatic nitrogens is 3. The van der Waals surface area contributed by atoms with Crippen LogP contribution in [0.15, 0.2) is 42.7 Å². The number of aliphatic hydroxyl groups excluding tert-OH is 1. The first kappa shape index (κ1) is 22.1. The Hall–Kier alpha value is -3.60. The SMILES string of the molecule is Cc1nn(CCO)cc1Nc1cc(NCc2ccccc2C(N)=O)c(C(F)(F)F)cn1. The zero-order valence-electron chi connectivity index (χ0n) is 16.6. The minimum absolute atomic E-state index is 0.0426. The number of anilines is 3. The number of alkyl halides is 3. The molecule has 0 fully saturated rings. The Morgan fingerprint density at radius 1 is 1.26 bits per heavy atom. The van der Waals surface area contributed by atoms with Crippen LogP contribution in [0.1, 0.15) is 27.2 Å². The van der Waals surface area contributed by atoms with E-state index in [-0.39, 0.29) is 36.8 Å². The molecule has 2 heterocycles. The summed E-state index contributed by atoms with van der Waals surface area (Å²) < 4.78 is 42.0. The van der Waals surface area contributed by atoms with Gasteiger partial charge in [0.05, 0.1) is 35.8 Å². The zero-order chi connectivity index (χ0) is 22.6. The van der Waals surface area contributed by atoms with Crippen LogP contribution in [0.3, 0.4) is 0 Å². The number of carbonyl (C=O) groups is 1. The molecule has 0 aliphatic carbocycles. The standard InChI is InChI=1S/C20H21F3N6O2/c1-12-17(11-29(28-12)6-7-30)27-18-8-16(15(10-26-18)20(21,22)23)25-9-13-4-2-3-5-14(13)19(24)31/h2-5,8,10-11,30H,6-7,9H2,1H3,(H2,24,31)(H2,25,26,27). The molecule has 1 amide bonds. The molecular weight excluding hydrogens is 413 g/mol. The summed E-state index contributed by atoms with van der Waals surface area (Å²) in [6.07, 6.45) is -2.27. The summed E-state index contributed by atoms with van der Waals surface area (Å²) in [7, 11) is 0. The monoisotopic (exact) mass is 434 g/mol. The van der Waals surface area contributed by atoms with Gasteiger partial charge in [-0.25, -0.2) is 4.98 Å². The number of halogens is 3. The molecule has 0 aliphatic rings. The highest BCUT2D eigenvalue weighted by Crippen LogP contribution is 2.36. The number of primary amides is 1. The number of aryl methyl sites for hydroxylation is 1. The van der Waals surface area contributed by atoms with E-state index in [1.165, 1.54) is 16.8 Å². The van der Waals surface area contributed by atoms with Gasteiger partial charge in [-0.3, -0.25) is 9.48 Å². The molecule has 0 bridgehead atoms. The molecule has 164 valence electrons. The normalized spacial score (nSPS) is 11.4. The number of pyridine rings is 1. The fourth-order valence-electron chi connectivity index (χ4n) is 3.00. The van der Waals surface area contributed by atoms with Crippen LogP contribution < -0.4 is 16.4 Å². The maximum atomic E-state index is 13.5. The molecular formula is C20H21F3N6O2. The average molecular weight is 434 g/mol. The van der Waals surface area contributed by atoms with E-state index in [0.717, 1.165) is 6.20 Å². The lowest BCUT2D eigenvalue weighted by Gasteiger charge is -2.16. The maximum Gasteiger partial charge on any atom is 0.419 e. The van der Waals surface area contributed by atoms with Gasteiger partial charge in [-0.1, -0.05) is 18.2 Å². The number of nitrogens with zero attached hydrogens (tertiary/aromatic N) is 3. The number of benzene rings is 1. The third-order valence-corrected chi connectivity index (χ3v) is 4.50. The van der Waals surface area contributed by atoms with E-state index in [2.05, 4.69) is 20.7 Å². The van der Waals surface area contributed by atoms with Crippen LogP contribution in [0.2, 0.25) is 0 Å². The Balaban J connectivity index is 1.88. The summed E-state index contributed by atoms with van der Waals surface area (Å²) in [6, 6.07) is 7.65. The highest BCUT2D eigenvalue weighted by Gasteiger charge is 2.34. The molecule has 0 radical (unpaired) electrons. The van der Waals surface area contributed by atoms with Crippen molar-refractivity contribution in [2.24, 2.45) is 5.73 Å². The number of nitrogens with two attached hydrogens (primary N) is 1. The predicted octanol–water partition coefficient (Wildman–Crippen LogP) is 3.05. The van der Waals surface area contributed by atoms with E-state index in [1.807, 2.05) is 0 Å². The van der Waals surface area contributed by atoms with E-state index < -0.39 is 17.6 Å². The third-order valence-electron chi connectivity index (χ3n) is 4.50. The van der Waals surface area contributed by atoms with Crippen molar-refractivity contribution < 1.29 is 23.1 Å². The van der Waals surface area contributed by atoms with Gasteiger partial charge >= 0.3 is 6.18 Å². The van der Waals surface area contributed by atoms with Gasteiger partial charge in [-0.15, -0.1) is 0 Å². The van der Waals surface area contributed by atoms with Crippen LogP contribution in [-0.2, 0) is 19.3 Å². The molecule has 3 aromatic rings. The summed E-state index contributed by atoms with van der Waals surface area (Å²) in [5, 5.41) is 18.9. The van der Waals surface area contributed by atoms with Crippen molar-refractivity contribution in [3.05, 3.63) is 65.1 Å². The Labute approximate surface area is 175 Å². The number of hydrogen-bond donors (Lipinski definition) is 4. The number of hydrogen-bond acceptors (Lipinski definition) is 6. The summed E-state index contributed by atoms with van der Waals surface area (Å²) in [5.74, 6) is -0.494. The quantitative estimate of drug-likeness (QED) is 0.433. The van der Waals surface area contributed by atoms with Gasteiger partial charge in [0, 0.05) is 30.6 Å². The molecule has 0 atom stereocenters. The van der Waals surface area contributed by atoms with Crippen LogP contribution in [-0.4, -0.2) is 32.4 Å². The van der Waals surface area contributed by atoms with Crippen molar-refractivity contribution in [1.82, 2.24) is 14.8 Å². The number of rotatable bonds is 8. The van der Waals surface area contributed by atoms with Crippen molar-refractivity contribution in [1.29, 1.82) is 0 Å². The Kier molecular flexibility index (Phi) is 6.44. The minimum Gasteiger partial charge on any atom is -0.394 e. The molecule has 1 aromatic carbocycles. The molecule has 5 N–H and O–H groups in total. The van der Waals surface area contributed by atoms with E-state index >= 15 is 0 Å². The van der Waals surface area contributed by atoms with Crippen molar-refractivity contribution >= 4 is 23.1 Å². The van der Waals surface area contributed by atoms with Crippen molar-refractivity contribution in [3.8, 4) is 0 Å². The predicted molar refractivity (Wildman–Crippen MR) is 109 cm³/mol. The van der Waals surface area contributed by atoms with Crippen LogP contribution >= 0.6 is 0 Å². The lowest BCUT2D eigenvalue weighted by Crippen LogP contribution is -2.16. The molecule has 0 spiro atoms. The molecule has 11 heteroatoms. The van der Waals surface area contributed by atoms with Crippen LogP contribution in [0.25, 0.3) is 0 Å². The summed E-state index contributed by atoms with van der Waals surface area (Å²) in [5.41, 5.74) is 6.03. The molecule has 3 rings (SSSR count). The fraction of sp³-hybridized carbons (Fsp3) is 0.250. The van der Waals surface area contributed by atoms with Gasteiger partial charge in [-0.2, -0.15) is 18.3 Å². The number of nitrogens with one attached hydrogen (secondary N) is 2. The van der Waals surface area contributed by atoms with Crippen molar-refractivity contribution in [2.45, 2.75) is 26.2 Å². The zero-order valence-corrected chi connectivity index (χ0v) is 16.6. The average Bonchev–Trinajstić information content (AvgIpc) is 3.05. The van der Waals surface area contributed by atoms with Crippen molar-refractivity contribution in [3.63, 3.8) is 0 Å². The first-order valence-electron chi connectivity index (χ1n) is 9.29. The topological polar surface area (TPSA) is 118 Å². The van der Waals surface area contributed by atoms with Gasteiger partial charge in [0.1, 0.15) is 5.82 Å². The third kappa shape index (κ3) is 5.31. The van der Waals surface area contributed by atoms with Crippen molar-refractivity contribution in [2.75, 3.05) is 17.2 Å². The van der Waals surface area contributed by atoms with Gasteiger partial charge in [0.25, 0.3) is 0 Å². The molecule has 0 saturated heterocycles. The molecule has 0 unspecified atom stereocenters. The Bertz CT molecular complexity index is 1080. The number of carbonyl (C=O) groups excluding carboxylic acids is 1. The maximum absolute atomic E-state index is 13.5. The molecule has 2 aromatic heterocycles. The Morgan fingerprint density at radius 2 is 2.00 bits per heavy atom. The second kappa shape index (κ2) is 9.04. The largest absolute Gasteiger partial charge is 0.419 e. The van der Waals surface area contributed by atoms with E-state index in [4.69, 9.17) is 10.8 Å². The molecule has 8 nitrogen and oxygen atoms in total. The Morgan fingerprint density at radius 3 is 2.68 bits per heavy atom. The van der Waals surface area contributed by atoms with Gasteiger partial charge in [0.15, 0.2) is 0 Å². The first-order chi connectivity index (χ1) is 14.7. The number of amides is 1. The second-order valence-electron chi connectivity index (χ2n) is 6.73. The summed E-state index contributed by atoms with van der Waals surface area (Å²) in [6.45, 7) is 1.87. The molecule has 0 aliphatic heterocycles. The summed E-state index contributed by atoms with van der Waals surface area (Å²) in [4.78, 5) is 15.4. The van der Waals surface area contributed by atoms with Gasteiger partial charge < -0.3 is 21.5 Å².